The third kappa shape index (κ3) is 4.42. The maximum absolute atomic E-state index is 12.5. The molecule has 0 saturated heterocycles. The molecule has 1 aromatic carbocycles. The summed E-state index contributed by atoms with van der Waals surface area (Å²) in [6, 6.07) is 6.93. The van der Waals surface area contributed by atoms with E-state index in [1.54, 1.807) is 38.1 Å². The van der Waals surface area contributed by atoms with E-state index < -0.39 is 16.1 Å². The van der Waals surface area contributed by atoms with Gasteiger partial charge < -0.3 is 11.5 Å². The van der Waals surface area contributed by atoms with Crippen molar-refractivity contribution in [3.05, 3.63) is 29.8 Å². The summed E-state index contributed by atoms with van der Waals surface area (Å²) in [6.07, 6.45) is 0. The topological polar surface area (TPSA) is 110 Å². The number of nitrogens with two attached hydrogens (primary N) is 2. The smallest absolute Gasteiger partial charge is 0.282 e. The minimum atomic E-state index is -3.76. The molecular weight excluding hydrogens is 292 g/mol. The van der Waals surface area contributed by atoms with Crippen molar-refractivity contribution in [1.29, 1.82) is 0 Å². The fourth-order valence-corrected chi connectivity index (χ4v) is 3.55. The second-order valence-corrected chi connectivity index (χ2v) is 6.45. The van der Waals surface area contributed by atoms with Gasteiger partial charge in [0.25, 0.3) is 10.2 Å². The summed E-state index contributed by atoms with van der Waals surface area (Å²) in [5.74, 6) is -0.708. The minimum absolute atomic E-state index is 0.00838. The van der Waals surface area contributed by atoms with Crippen LogP contribution in [0.2, 0.25) is 0 Å². The fraction of sp³-hybridized carbons (Fsp3) is 0.462. The summed E-state index contributed by atoms with van der Waals surface area (Å²) in [6.45, 7) is 3.74. The van der Waals surface area contributed by atoms with E-state index in [2.05, 4.69) is 0 Å². The third-order valence-corrected chi connectivity index (χ3v) is 5.17. The number of anilines is 1. The number of amides is 1. The summed E-state index contributed by atoms with van der Waals surface area (Å²) in [4.78, 5) is 11.2. The Morgan fingerprint density at radius 3 is 2.19 bits per heavy atom. The first-order chi connectivity index (χ1) is 9.82. The van der Waals surface area contributed by atoms with Gasteiger partial charge in [-0.2, -0.15) is 17.0 Å². The zero-order valence-corrected chi connectivity index (χ0v) is 13.1. The van der Waals surface area contributed by atoms with Crippen LogP contribution < -0.4 is 11.5 Å². The minimum Gasteiger partial charge on any atom is -0.398 e. The SMILES string of the molecule is CCN(CC)S(=O)(=O)N(CC(N)=O)Cc1ccccc1N. The van der Waals surface area contributed by atoms with Crippen molar-refractivity contribution in [3.63, 3.8) is 0 Å². The van der Waals surface area contributed by atoms with E-state index in [0.29, 0.717) is 24.3 Å². The van der Waals surface area contributed by atoms with Gasteiger partial charge >= 0.3 is 0 Å². The predicted octanol–water partition coefficient (Wildman–Crippen LogP) is 0.143. The third-order valence-electron chi connectivity index (χ3n) is 3.09. The second-order valence-electron chi connectivity index (χ2n) is 4.53. The van der Waals surface area contributed by atoms with Crippen LogP contribution in [0.5, 0.6) is 0 Å². The molecule has 0 aliphatic heterocycles. The lowest BCUT2D eigenvalue weighted by Gasteiger charge is -2.28. The standard InChI is InChI=1S/C13H22N4O3S/c1-3-16(4-2)21(19,20)17(10-13(15)18)9-11-7-5-6-8-12(11)14/h5-8H,3-4,9-10,14H2,1-2H3,(H2,15,18). The highest BCUT2D eigenvalue weighted by Crippen LogP contribution is 2.17. The first kappa shape index (κ1) is 17.4. The average Bonchev–Trinajstić information content (AvgIpc) is 2.41. The molecule has 21 heavy (non-hydrogen) atoms. The van der Waals surface area contributed by atoms with E-state index in [4.69, 9.17) is 11.5 Å². The molecule has 0 unspecified atom stereocenters. The lowest BCUT2D eigenvalue weighted by atomic mass is 10.2. The van der Waals surface area contributed by atoms with E-state index >= 15 is 0 Å². The van der Waals surface area contributed by atoms with Crippen LogP contribution in [0.15, 0.2) is 24.3 Å². The van der Waals surface area contributed by atoms with Gasteiger partial charge in [-0.15, -0.1) is 0 Å². The van der Waals surface area contributed by atoms with E-state index in [1.165, 1.54) is 4.31 Å². The van der Waals surface area contributed by atoms with E-state index in [9.17, 15) is 13.2 Å². The molecule has 1 amide bonds. The molecule has 0 fully saturated rings. The quantitative estimate of drug-likeness (QED) is 0.665. The average molecular weight is 314 g/mol. The number of hydrogen-bond donors (Lipinski definition) is 2. The molecule has 8 heteroatoms. The Morgan fingerprint density at radius 1 is 1.14 bits per heavy atom. The molecule has 0 bridgehead atoms. The van der Waals surface area contributed by atoms with Gasteiger partial charge in [-0.25, -0.2) is 0 Å². The molecule has 0 atom stereocenters. The second kappa shape index (κ2) is 7.39. The van der Waals surface area contributed by atoms with Crippen molar-refractivity contribution >= 4 is 21.8 Å². The Balaban J connectivity index is 3.12. The highest BCUT2D eigenvalue weighted by atomic mass is 32.2. The van der Waals surface area contributed by atoms with Crippen molar-refractivity contribution < 1.29 is 13.2 Å². The molecule has 0 aliphatic carbocycles. The normalized spacial score (nSPS) is 12.0. The zero-order chi connectivity index (χ0) is 16.0. The molecular formula is C13H22N4O3S. The van der Waals surface area contributed by atoms with Gasteiger partial charge in [-0.3, -0.25) is 4.79 Å². The van der Waals surface area contributed by atoms with Gasteiger partial charge in [0.05, 0.1) is 6.54 Å². The fourth-order valence-electron chi connectivity index (χ4n) is 1.97. The molecule has 118 valence electrons. The number of carbonyl (C=O) groups excluding carboxylic acids is 1. The van der Waals surface area contributed by atoms with Crippen LogP contribution in [0.1, 0.15) is 19.4 Å². The zero-order valence-electron chi connectivity index (χ0n) is 12.3. The number of rotatable bonds is 8. The summed E-state index contributed by atoms with van der Waals surface area (Å²) in [7, 11) is -3.76. The van der Waals surface area contributed by atoms with Gasteiger partial charge in [0, 0.05) is 25.3 Å². The highest BCUT2D eigenvalue weighted by molar-refractivity contribution is 7.86. The largest absolute Gasteiger partial charge is 0.398 e. The van der Waals surface area contributed by atoms with Gasteiger partial charge in [-0.05, 0) is 11.6 Å². The Morgan fingerprint density at radius 2 is 1.71 bits per heavy atom. The highest BCUT2D eigenvalue weighted by Gasteiger charge is 2.29. The van der Waals surface area contributed by atoms with Crippen molar-refractivity contribution in [2.24, 2.45) is 5.73 Å². The predicted molar refractivity (Wildman–Crippen MR) is 82.3 cm³/mol. The van der Waals surface area contributed by atoms with Crippen LogP contribution >= 0.6 is 0 Å². The Labute approximate surface area is 125 Å². The molecule has 7 nitrogen and oxygen atoms in total. The van der Waals surface area contributed by atoms with Crippen LogP contribution in [-0.2, 0) is 21.5 Å². The molecule has 0 spiro atoms. The lowest BCUT2D eigenvalue weighted by Crippen LogP contribution is -2.46. The molecule has 0 aromatic heterocycles. The summed E-state index contributed by atoms with van der Waals surface area (Å²) in [5.41, 5.74) is 12.1. The maximum Gasteiger partial charge on any atom is 0.282 e. The van der Waals surface area contributed by atoms with Gasteiger partial charge in [-0.1, -0.05) is 32.0 Å². The monoisotopic (exact) mass is 314 g/mol. The number of benzene rings is 1. The Kier molecular flexibility index (Phi) is 6.13. The van der Waals surface area contributed by atoms with E-state index in [0.717, 1.165) is 4.31 Å². The first-order valence-electron chi connectivity index (χ1n) is 6.69. The summed E-state index contributed by atoms with van der Waals surface area (Å²) < 4.78 is 27.4. The summed E-state index contributed by atoms with van der Waals surface area (Å²) in [5, 5.41) is 0. The molecule has 0 saturated carbocycles. The van der Waals surface area contributed by atoms with Crippen molar-refractivity contribution in [1.82, 2.24) is 8.61 Å². The van der Waals surface area contributed by atoms with Crippen LogP contribution in [0.25, 0.3) is 0 Å². The Hall–Kier alpha value is -1.64. The van der Waals surface area contributed by atoms with E-state index in [1.807, 2.05) is 0 Å². The lowest BCUT2D eigenvalue weighted by molar-refractivity contribution is -0.118. The van der Waals surface area contributed by atoms with E-state index in [-0.39, 0.29) is 13.1 Å². The van der Waals surface area contributed by atoms with Gasteiger partial charge in [0.15, 0.2) is 0 Å². The van der Waals surface area contributed by atoms with Crippen molar-refractivity contribution in [2.75, 3.05) is 25.4 Å². The van der Waals surface area contributed by atoms with Gasteiger partial charge in [0.1, 0.15) is 0 Å². The number of primary amides is 1. The molecule has 1 aromatic rings. The molecule has 0 aliphatic rings. The number of hydrogen-bond acceptors (Lipinski definition) is 4. The molecule has 1 rings (SSSR count). The molecule has 4 N–H and O–H groups in total. The molecule has 0 radical (unpaired) electrons. The summed E-state index contributed by atoms with van der Waals surface area (Å²) >= 11 is 0. The van der Waals surface area contributed by atoms with Crippen molar-refractivity contribution in [3.8, 4) is 0 Å². The van der Waals surface area contributed by atoms with Crippen LogP contribution in [-0.4, -0.2) is 42.6 Å². The number of nitrogens with zero attached hydrogens (tertiary/aromatic N) is 2. The van der Waals surface area contributed by atoms with Gasteiger partial charge in [0.2, 0.25) is 5.91 Å². The maximum atomic E-state index is 12.5. The van der Waals surface area contributed by atoms with Crippen LogP contribution in [0.3, 0.4) is 0 Å². The first-order valence-corrected chi connectivity index (χ1v) is 8.09. The van der Waals surface area contributed by atoms with Crippen molar-refractivity contribution in [2.45, 2.75) is 20.4 Å². The van der Waals surface area contributed by atoms with Crippen LogP contribution in [0, 0.1) is 0 Å². The molecule has 0 heterocycles. The number of carbonyl (C=O) groups is 1. The number of nitrogen functional groups attached to an aromatic ring is 1. The number of para-hydroxylation sites is 1. The Bertz CT molecular complexity index is 585. The van der Waals surface area contributed by atoms with Crippen LogP contribution in [0.4, 0.5) is 5.69 Å².